The van der Waals surface area contributed by atoms with Crippen LogP contribution in [0, 0.1) is 6.92 Å². The van der Waals surface area contributed by atoms with Gasteiger partial charge in [-0.1, -0.05) is 23.7 Å². The highest BCUT2D eigenvalue weighted by atomic mass is 35.5. The molecule has 0 fully saturated rings. The molecule has 0 amide bonds. The zero-order valence-corrected chi connectivity index (χ0v) is 12.9. The number of phenols is 1. The Hall–Kier alpha value is -1.67. The van der Waals surface area contributed by atoms with Gasteiger partial charge in [-0.05, 0) is 56.7 Å². The van der Waals surface area contributed by atoms with E-state index in [-0.39, 0.29) is 11.8 Å². The SMILES string of the molecule is CCN(c1cccc(C)c1)C(C)c1cc(Cl)ccc1O. The number of benzene rings is 2. The molecular formula is C17H20ClNO. The molecule has 2 aromatic rings. The molecule has 0 heterocycles. The molecule has 106 valence electrons. The molecule has 0 spiro atoms. The summed E-state index contributed by atoms with van der Waals surface area (Å²) in [6.45, 7) is 7.13. The summed E-state index contributed by atoms with van der Waals surface area (Å²) in [6.07, 6.45) is 0. The third-order valence-corrected chi connectivity index (χ3v) is 3.82. The van der Waals surface area contributed by atoms with E-state index in [4.69, 9.17) is 11.6 Å². The van der Waals surface area contributed by atoms with Gasteiger partial charge >= 0.3 is 0 Å². The van der Waals surface area contributed by atoms with Crippen LogP contribution in [-0.4, -0.2) is 11.7 Å². The molecule has 0 aliphatic rings. The maximum absolute atomic E-state index is 10.1. The van der Waals surface area contributed by atoms with E-state index < -0.39 is 0 Å². The van der Waals surface area contributed by atoms with Gasteiger partial charge < -0.3 is 10.0 Å². The summed E-state index contributed by atoms with van der Waals surface area (Å²) >= 11 is 6.05. The quantitative estimate of drug-likeness (QED) is 0.861. The van der Waals surface area contributed by atoms with Crippen molar-refractivity contribution in [2.75, 3.05) is 11.4 Å². The van der Waals surface area contributed by atoms with Gasteiger partial charge in [0.2, 0.25) is 0 Å². The van der Waals surface area contributed by atoms with Crippen molar-refractivity contribution in [1.29, 1.82) is 0 Å². The molecule has 0 saturated carbocycles. The van der Waals surface area contributed by atoms with E-state index in [0.717, 1.165) is 17.8 Å². The normalized spacial score (nSPS) is 12.2. The van der Waals surface area contributed by atoms with Crippen molar-refractivity contribution in [3.63, 3.8) is 0 Å². The molecule has 1 unspecified atom stereocenters. The zero-order chi connectivity index (χ0) is 14.7. The molecule has 1 atom stereocenters. The lowest BCUT2D eigenvalue weighted by Crippen LogP contribution is -2.26. The second kappa shape index (κ2) is 6.19. The average molecular weight is 290 g/mol. The number of hydrogen-bond acceptors (Lipinski definition) is 2. The van der Waals surface area contributed by atoms with E-state index in [1.165, 1.54) is 5.56 Å². The number of rotatable bonds is 4. The largest absolute Gasteiger partial charge is 0.508 e. The first-order valence-corrected chi connectivity index (χ1v) is 7.22. The van der Waals surface area contributed by atoms with Crippen LogP contribution in [0.5, 0.6) is 5.75 Å². The van der Waals surface area contributed by atoms with Crippen LogP contribution >= 0.6 is 11.6 Å². The molecule has 0 aliphatic heterocycles. The summed E-state index contributed by atoms with van der Waals surface area (Å²) in [5.41, 5.74) is 3.23. The summed E-state index contributed by atoms with van der Waals surface area (Å²) in [6, 6.07) is 13.6. The minimum Gasteiger partial charge on any atom is -0.508 e. The smallest absolute Gasteiger partial charge is 0.120 e. The Kier molecular flexibility index (Phi) is 4.56. The van der Waals surface area contributed by atoms with Gasteiger partial charge in [0.15, 0.2) is 0 Å². The van der Waals surface area contributed by atoms with Crippen LogP contribution in [0.2, 0.25) is 5.02 Å². The third kappa shape index (κ3) is 3.07. The molecule has 0 saturated heterocycles. The predicted molar refractivity (Wildman–Crippen MR) is 85.7 cm³/mol. The second-order valence-electron chi connectivity index (χ2n) is 5.00. The Morgan fingerprint density at radius 1 is 1.20 bits per heavy atom. The van der Waals surface area contributed by atoms with Gasteiger partial charge in [-0.15, -0.1) is 0 Å². The lowest BCUT2D eigenvalue weighted by molar-refractivity contribution is 0.461. The topological polar surface area (TPSA) is 23.5 Å². The van der Waals surface area contributed by atoms with E-state index in [2.05, 4.69) is 49.9 Å². The van der Waals surface area contributed by atoms with Gasteiger partial charge in [0, 0.05) is 22.8 Å². The summed E-state index contributed by atoms with van der Waals surface area (Å²) in [4.78, 5) is 2.25. The lowest BCUT2D eigenvalue weighted by Gasteiger charge is -2.31. The second-order valence-corrected chi connectivity index (χ2v) is 5.44. The molecule has 2 aromatic carbocycles. The fraction of sp³-hybridized carbons (Fsp3) is 0.294. The first-order chi connectivity index (χ1) is 9.52. The van der Waals surface area contributed by atoms with E-state index in [1.807, 2.05) is 6.07 Å². The van der Waals surface area contributed by atoms with Gasteiger partial charge in [0.05, 0.1) is 6.04 Å². The Morgan fingerprint density at radius 2 is 1.95 bits per heavy atom. The van der Waals surface area contributed by atoms with E-state index in [0.29, 0.717) is 5.02 Å². The highest BCUT2D eigenvalue weighted by Crippen LogP contribution is 2.33. The van der Waals surface area contributed by atoms with Crippen molar-refractivity contribution in [2.24, 2.45) is 0 Å². The predicted octanol–water partition coefficient (Wildman–Crippen LogP) is 4.94. The summed E-state index contributed by atoms with van der Waals surface area (Å²) in [5.74, 6) is 0.285. The Morgan fingerprint density at radius 3 is 2.60 bits per heavy atom. The monoisotopic (exact) mass is 289 g/mol. The van der Waals surface area contributed by atoms with Gasteiger partial charge in [0.25, 0.3) is 0 Å². The van der Waals surface area contributed by atoms with Gasteiger partial charge in [-0.2, -0.15) is 0 Å². The number of anilines is 1. The van der Waals surface area contributed by atoms with Gasteiger partial charge in [-0.25, -0.2) is 0 Å². The van der Waals surface area contributed by atoms with Crippen LogP contribution < -0.4 is 4.90 Å². The summed E-state index contributed by atoms with van der Waals surface area (Å²) in [5, 5.41) is 10.7. The van der Waals surface area contributed by atoms with E-state index in [9.17, 15) is 5.11 Å². The van der Waals surface area contributed by atoms with Crippen molar-refractivity contribution in [2.45, 2.75) is 26.8 Å². The first kappa shape index (κ1) is 14.7. The maximum Gasteiger partial charge on any atom is 0.120 e. The average Bonchev–Trinajstić information content (AvgIpc) is 2.42. The number of nitrogens with zero attached hydrogens (tertiary/aromatic N) is 1. The van der Waals surface area contributed by atoms with Crippen LogP contribution in [0.1, 0.15) is 31.0 Å². The van der Waals surface area contributed by atoms with Crippen molar-refractivity contribution in [1.82, 2.24) is 0 Å². The fourth-order valence-electron chi connectivity index (χ4n) is 2.51. The van der Waals surface area contributed by atoms with Gasteiger partial charge in [0.1, 0.15) is 5.75 Å². The highest BCUT2D eigenvalue weighted by molar-refractivity contribution is 6.30. The Balaban J connectivity index is 2.38. The van der Waals surface area contributed by atoms with E-state index >= 15 is 0 Å². The molecule has 20 heavy (non-hydrogen) atoms. The summed E-state index contributed by atoms with van der Waals surface area (Å²) in [7, 11) is 0. The van der Waals surface area contributed by atoms with Crippen LogP contribution in [0.4, 0.5) is 5.69 Å². The highest BCUT2D eigenvalue weighted by Gasteiger charge is 2.18. The molecule has 0 aliphatic carbocycles. The number of phenolic OH excluding ortho intramolecular Hbond substituents is 1. The molecule has 0 aromatic heterocycles. The maximum atomic E-state index is 10.1. The summed E-state index contributed by atoms with van der Waals surface area (Å²) < 4.78 is 0. The number of halogens is 1. The fourth-order valence-corrected chi connectivity index (χ4v) is 2.70. The molecular weight excluding hydrogens is 270 g/mol. The molecule has 3 heteroatoms. The number of aryl methyl sites for hydroxylation is 1. The van der Waals surface area contributed by atoms with Crippen LogP contribution in [0.25, 0.3) is 0 Å². The van der Waals surface area contributed by atoms with Crippen molar-refractivity contribution >= 4 is 17.3 Å². The Labute approximate surface area is 125 Å². The number of aromatic hydroxyl groups is 1. The third-order valence-electron chi connectivity index (χ3n) is 3.58. The van der Waals surface area contributed by atoms with Crippen molar-refractivity contribution in [3.8, 4) is 5.75 Å². The molecule has 1 N–H and O–H groups in total. The minimum absolute atomic E-state index is 0.0560. The standard InChI is InChI=1S/C17H20ClNO/c1-4-19(15-7-5-6-12(2)10-15)13(3)16-11-14(18)8-9-17(16)20/h5-11,13,20H,4H2,1-3H3. The number of hydrogen-bond donors (Lipinski definition) is 1. The van der Waals surface area contributed by atoms with Crippen LogP contribution in [-0.2, 0) is 0 Å². The van der Waals surface area contributed by atoms with Crippen LogP contribution in [0.3, 0.4) is 0 Å². The van der Waals surface area contributed by atoms with Gasteiger partial charge in [-0.3, -0.25) is 0 Å². The minimum atomic E-state index is 0.0560. The molecule has 0 radical (unpaired) electrons. The lowest BCUT2D eigenvalue weighted by atomic mass is 10.0. The molecule has 0 bridgehead atoms. The van der Waals surface area contributed by atoms with E-state index in [1.54, 1.807) is 12.1 Å². The van der Waals surface area contributed by atoms with Crippen molar-refractivity contribution < 1.29 is 5.11 Å². The molecule has 2 rings (SSSR count). The Bertz CT molecular complexity index is 597. The zero-order valence-electron chi connectivity index (χ0n) is 12.1. The first-order valence-electron chi connectivity index (χ1n) is 6.84. The van der Waals surface area contributed by atoms with Crippen LogP contribution in [0.15, 0.2) is 42.5 Å². The molecule has 2 nitrogen and oxygen atoms in total. The van der Waals surface area contributed by atoms with Crippen molar-refractivity contribution in [3.05, 3.63) is 58.6 Å².